The molecule has 184 valence electrons. The van der Waals surface area contributed by atoms with Gasteiger partial charge in [0.25, 0.3) is 0 Å². The highest BCUT2D eigenvalue weighted by Crippen LogP contribution is 2.58. The fraction of sp³-hybridized carbons (Fsp3) is 0.739. The van der Waals surface area contributed by atoms with Crippen LogP contribution in [0.2, 0.25) is 0 Å². The number of morpholine rings is 1. The number of urea groups is 1. The van der Waals surface area contributed by atoms with Crippen LogP contribution >= 0.6 is 0 Å². The van der Waals surface area contributed by atoms with Crippen molar-refractivity contribution < 1.29 is 27.5 Å². The van der Waals surface area contributed by atoms with Gasteiger partial charge in [-0.25, -0.2) is 14.8 Å². The normalized spacial score (nSPS) is 29.7. The van der Waals surface area contributed by atoms with Gasteiger partial charge in [-0.1, -0.05) is 0 Å². The molecular formula is C23H28F3N5O3. The lowest BCUT2D eigenvalue weighted by Gasteiger charge is -2.60. The van der Waals surface area contributed by atoms with Crippen LogP contribution in [0, 0.1) is 11.3 Å². The second-order valence-electron chi connectivity index (χ2n) is 10.8. The van der Waals surface area contributed by atoms with Gasteiger partial charge in [-0.3, -0.25) is 4.79 Å². The first kappa shape index (κ1) is 22.1. The Morgan fingerprint density at radius 2 is 2.00 bits per heavy atom. The topological polar surface area (TPSA) is 87.7 Å². The summed E-state index contributed by atoms with van der Waals surface area (Å²) in [5, 5.41) is 2.92. The van der Waals surface area contributed by atoms with Gasteiger partial charge in [0, 0.05) is 43.5 Å². The monoisotopic (exact) mass is 479 g/mol. The Bertz CT molecular complexity index is 1000. The minimum absolute atomic E-state index is 0.00896. The van der Waals surface area contributed by atoms with Crippen molar-refractivity contribution in [3.05, 3.63) is 23.8 Å². The van der Waals surface area contributed by atoms with Gasteiger partial charge in [0.1, 0.15) is 17.8 Å². The SMILES string of the molecule is O=C1CO[C@H]2CCN(C(=O)N3CC4(CC(Cc5ccnc(C6(C(F)(F)F)CC6)n5)C4)C3)C[C@H]2N1. The van der Waals surface area contributed by atoms with E-state index >= 15 is 0 Å². The number of halogens is 3. The van der Waals surface area contributed by atoms with Crippen LogP contribution in [-0.4, -0.2) is 82.8 Å². The first-order valence-electron chi connectivity index (χ1n) is 12.0. The number of fused-ring (bicyclic) bond motifs is 1. The average molecular weight is 480 g/mol. The fourth-order valence-electron chi connectivity index (χ4n) is 6.33. The number of hydrogen-bond acceptors (Lipinski definition) is 5. The van der Waals surface area contributed by atoms with Crippen LogP contribution in [-0.2, 0) is 21.4 Å². The Morgan fingerprint density at radius 1 is 1.24 bits per heavy atom. The average Bonchev–Trinajstić information content (AvgIpc) is 3.56. The second-order valence-corrected chi connectivity index (χ2v) is 10.8. The number of alkyl halides is 3. The van der Waals surface area contributed by atoms with E-state index in [1.165, 1.54) is 6.20 Å². The molecule has 1 aromatic rings. The molecular weight excluding hydrogens is 451 g/mol. The molecule has 3 aliphatic heterocycles. The molecule has 8 nitrogen and oxygen atoms in total. The van der Waals surface area contributed by atoms with Crippen molar-refractivity contribution in [2.24, 2.45) is 11.3 Å². The van der Waals surface area contributed by atoms with E-state index in [9.17, 15) is 22.8 Å². The van der Waals surface area contributed by atoms with Crippen molar-refractivity contribution >= 4 is 11.9 Å². The van der Waals surface area contributed by atoms with Gasteiger partial charge < -0.3 is 19.9 Å². The largest absolute Gasteiger partial charge is 0.401 e. The molecule has 2 atom stereocenters. The zero-order chi connectivity index (χ0) is 23.7. The third-order valence-electron chi connectivity index (χ3n) is 8.29. The Morgan fingerprint density at radius 3 is 2.71 bits per heavy atom. The van der Waals surface area contributed by atoms with Crippen LogP contribution in [0.3, 0.4) is 0 Å². The highest BCUT2D eigenvalue weighted by molar-refractivity contribution is 5.79. The predicted molar refractivity (Wildman–Crippen MR) is 113 cm³/mol. The number of likely N-dealkylation sites (tertiary alicyclic amines) is 2. The molecule has 34 heavy (non-hydrogen) atoms. The summed E-state index contributed by atoms with van der Waals surface area (Å²) in [7, 11) is 0. The van der Waals surface area contributed by atoms with Gasteiger partial charge >= 0.3 is 12.2 Å². The van der Waals surface area contributed by atoms with E-state index in [-0.39, 0.29) is 54.8 Å². The minimum atomic E-state index is -4.31. The second kappa shape index (κ2) is 7.53. The van der Waals surface area contributed by atoms with E-state index < -0.39 is 11.6 Å². The molecule has 1 N–H and O–H groups in total. The molecule has 2 aliphatic carbocycles. The Kier molecular flexibility index (Phi) is 4.89. The van der Waals surface area contributed by atoms with E-state index in [2.05, 4.69) is 15.3 Å². The molecule has 0 bridgehead atoms. The number of carbonyl (C=O) groups is 2. The van der Waals surface area contributed by atoms with Crippen molar-refractivity contribution in [3.8, 4) is 0 Å². The van der Waals surface area contributed by atoms with Gasteiger partial charge in [-0.2, -0.15) is 13.2 Å². The molecule has 11 heteroatoms. The maximum absolute atomic E-state index is 13.4. The number of rotatable bonds is 3. The highest BCUT2D eigenvalue weighted by Gasteiger charge is 2.66. The van der Waals surface area contributed by atoms with Gasteiger partial charge in [0.2, 0.25) is 5.91 Å². The molecule has 0 radical (unpaired) electrons. The third-order valence-corrected chi connectivity index (χ3v) is 8.29. The van der Waals surface area contributed by atoms with Crippen LogP contribution in [0.15, 0.2) is 12.3 Å². The molecule has 5 aliphatic rings. The summed E-state index contributed by atoms with van der Waals surface area (Å²) in [4.78, 5) is 36.4. The van der Waals surface area contributed by atoms with Gasteiger partial charge in [-0.15, -0.1) is 0 Å². The number of aromatic nitrogens is 2. The van der Waals surface area contributed by atoms with Crippen molar-refractivity contribution in [2.75, 3.05) is 32.8 Å². The summed E-state index contributed by atoms with van der Waals surface area (Å²) < 4.78 is 45.8. The Balaban J connectivity index is 0.996. The van der Waals surface area contributed by atoms with E-state index in [1.807, 2.05) is 4.90 Å². The summed E-state index contributed by atoms with van der Waals surface area (Å²) in [5.41, 5.74) is -1.05. The standard InChI is InChI=1S/C23H28F3N5O3/c24-23(25,26)22(3-4-22)19-27-5-1-15(28-19)7-14-8-21(9-14)12-31(13-21)20(33)30-6-2-17-16(10-30)29-18(32)11-34-17/h1,5,14,16-17H,2-4,6-13H2,(H,29,32)/t16-,17+/m1/s1. The molecule has 6 rings (SSSR count). The molecule has 1 spiro atoms. The van der Waals surface area contributed by atoms with Gasteiger partial charge in [0.15, 0.2) is 0 Å². The number of piperidine rings is 1. The Hall–Kier alpha value is -2.43. The smallest absolute Gasteiger partial charge is 0.366 e. The molecule has 2 saturated carbocycles. The molecule has 1 aromatic heterocycles. The number of nitrogens with zero attached hydrogens (tertiary/aromatic N) is 4. The molecule has 0 aromatic carbocycles. The van der Waals surface area contributed by atoms with E-state index in [0.29, 0.717) is 50.6 Å². The van der Waals surface area contributed by atoms with Crippen molar-refractivity contribution in [2.45, 2.75) is 62.3 Å². The predicted octanol–water partition coefficient (Wildman–Crippen LogP) is 2.03. The number of nitrogens with one attached hydrogen (secondary N) is 1. The number of hydrogen-bond donors (Lipinski definition) is 1. The van der Waals surface area contributed by atoms with Crippen LogP contribution in [0.4, 0.5) is 18.0 Å². The number of ether oxygens (including phenoxy) is 1. The summed E-state index contributed by atoms with van der Waals surface area (Å²) in [6.07, 6.45) is 0.517. The molecule has 4 heterocycles. The lowest BCUT2D eigenvalue weighted by atomic mass is 9.57. The molecule has 5 fully saturated rings. The van der Waals surface area contributed by atoms with Gasteiger partial charge in [0.05, 0.1) is 12.1 Å². The van der Waals surface area contributed by atoms with Crippen LogP contribution < -0.4 is 5.32 Å². The Labute approximate surface area is 195 Å². The van der Waals surface area contributed by atoms with Crippen molar-refractivity contribution in [1.82, 2.24) is 25.1 Å². The number of carbonyl (C=O) groups excluding carboxylic acids is 2. The first-order chi connectivity index (χ1) is 16.2. The molecule has 3 amide bonds. The van der Waals surface area contributed by atoms with E-state index in [0.717, 1.165) is 12.8 Å². The lowest BCUT2D eigenvalue weighted by Crippen LogP contribution is -2.68. The van der Waals surface area contributed by atoms with Crippen molar-refractivity contribution in [1.29, 1.82) is 0 Å². The zero-order valence-corrected chi connectivity index (χ0v) is 18.8. The highest BCUT2D eigenvalue weighted by atomic mass is 19.4. The van der Waals surface area contributed by atoms with Gasteiger partial charge in [-0.05, 0) is 50.5 Å². The first-order valence-corrected chi connectivity index (χ1v) is 12.0. The van der Waals surface area contributed by atoms with Crippen LogP contribution in [0.25, 0.3) is 0 Å². The minimum Gasteiger partial charge on any atom is -0.366 e. The maximum Gasteiger partial charge on any atom is 0.401 e. The molecule has 3 saturated heterocycles. The summed E-state index contributed by atoms with van der Waals surface area (Å²) in [6.45, 7) is 2.60. The van der Waals surface area contributed by atoms with Crippen LogP contribution in [0.1, 0.15) is 43.6 Å². The quantitative estimate of drug-likeness (QED) is 0.717. The summed E-state index contributed by atoms with van der Waals surface area (Å²) in [5.74, 6) is 0.141. The fourth-order valence-corrected chi connectivity index (χ4v) is 6.33. The maximum atomic E-state index is 13.4. The molecule has 0 unspecified atom stereocenters. The summed E-state index contributed by atoms with van der Waals surface area (Å²) >= 11 is 0. The summed E-state index contributed by atoms with van der Waals surface area (Å²) in [6, 6.07) is 1.58. The zero-order valence-electron chi connectivity index (χ0n) is 18.8. The van der Waals surface area contributed by atoms with Crippen molar-refractivity contribution in [3.63, 3.8) is 0 Å². The lowest BCUT2D eigenvalue weighted by molar-refractivity contribution is -0.162. The van der Waals surface area contributed by atoms with E-state index in [4.69, 9.17) is 4.74 Å². The van der Waals surface area contributed by atoms with E-state index in [1.54, 1.807) is 11.0 Å². The number of amides is 3. The van der Waals surface area contributed by atoms with Crippen LogP contribution in [0.5, 0.6) is 0 Å². The third kappa shape index (κ3) is 3.63.